The summed E-state index contributed by atoms with van der Waals surface area (Å²) in [5.41, 5.74) is 0.120. The number of piperazine rings is 1. The summed E-state index contributed by atoms with van der Waals surface area (Å²) in [4.78, 5) is 13.5. The highest BCUT2D eigenvalue weighted by Gasteiger charge is 2.45. The fourth-order valence-electron chi connectivity index (χ4n) is 2.07. The van der Waals surface area contributed by atoms with Crippen LogP contribution < -0.4 is 5.32 Å². The molecule has 0 bridgehead atoms. The van der Waals surface area contributed by atoms with E-state index in [2.05, 4.69) is 19.2 Å². The maximum absolute atomic E-state index is 11.5. The monoisotopic (exact) mass is 200 g/mol. The van der Waals surface area contributed by atoms with Gasteiger partial charge in [0.1, 0.15) is 0 Å². The minimum atomic E-state index is 0.120. The Morgan fingerprint density at radius 2 is 2.54 bits per heavy atom. The summed E-state index contributed by atoms with van der Waals surface area (Å²) in [6, 6.07) is 0. The molecule has 2 aliphatic heterocycles. The molecule has 2 aliphatic rings. The van der Waals surface area contributed by atoms with Crippen LogP contribution in [0, 0.1) is 0 Å². The summed E-state index contributed by atoms with van der Waals surface area (Å²) < 4.78 is 0. The number of thioether (sulfide) groups is 1. The number of carbonyl (C=O) groups is 1. The predicted octanol–water partition coefficient (Wildman–Crippen LogP) is 0.660. The highest BCUT2D eigenvalue weighted by molar-refractivity contribution is 8.01. The largest absolute Gasteiger partial charge is 0.327 e. The summed E-state index contributed by atoms with van der Waals surface area (Å²) >= 11 is 1.78. The van der Waals surface area contributed by atoms with Gasteiger partial charge in [-0.3, -0.25) is 4.79 Å². The lowest BCUT2D eigenvalue weighted by Gasteiger charge is -2.44. The Balaban J connectivity index is 2.20. The molecule has 2 unspecified atom stereocenters. The standard InChI is InChI=1S/C9H16N2OS/c1-3-9(2)8-11(5-4-10-9)7(12)6-13-8/h8,10H,3-6H2,1-2H3. The molecule has 1 amide bonds. The van der Waals surface area contributed by atoms with Crippen LogP contribution in [0.2, 0.25) is 0 Å². The van der Waals surface area contributed by atoms with Gasteiger partial charge in [0.25, 0.3) is 0 Å². The zero-order valence-corrected chi connectivity index (χ0v) is 8.99. The van der Waals surface area contributed by atoms with Gasteiger partial charge in [0.15, 0.2) is 0 Å². The number of hydrogen-bond donors (Lipinski definition) is 1. The van der Waals surface area contributed by atoms with Crippen LogP contribution in [0.3, 0.4) is 0 Å². The number of hydrogen-bond acceptors (Lipinski definition) is 3. The van der Waals surface area contributed by atoms with Crippen LogP contribution >= 0.6 is 11.8 Å². The summed E-state index contributed by atoms with van der Waals surface area (Å²) in [5.74, 6) is 0.984. The van der Waals surface area contributed by atoms with Gasteiger partial charge in [-0.1, -0.05) is 6.92 Å². The number of fused-ring (bicyclic) bond motifs is 1. The van der Waals surface area contributed by atoms with E-state index >= 15 is 0 Å². The lowest BCUT2D eigenvalue weighted by molar-refractivity contribution is -0.130. The van der Waals surface area contributed by atoms with Crippen LogP contribution in [0.4, 0.5) is 0 Å². The van der Waals surface area contributed by atoms with Crippen molar-refractivity contribution in [1.29, 1.82) is 0 Å². The molecule has 0 aromatic rings. The van der Waals surface area contributed by atoms with Crippen LogP contribution in [0.5, 0.6) is 0 Å². The van der Waals surface area contributed by atoms with Crippen molar-refractivity contribution in [2.24, 2.45) is 0 Å². The van der Waals surface area contributed by atoms with E-state index in [0.29, 0.717) is 17.0 Å². The van der Waals surface area contributed by atoms with Gasteiger partial charge in [0.05, 0.1) is 11.1 Å². The fourth-order valence-corrected chi connectivity index (χ4v) is 3.56. The van der Waals surface area contributed by atoms with Crippen molar-refractivity contribution in [3.63, 3.8) is 0 Å². The number of amides is 1. The number of carbonyl (C=O) groups excluding carboxylic acids is 1. The molecule has 2 atom stereocenters. The molecule has 0 aliphatic carbocycles. The molecule has 2 saturated heterocycles. The third-order valence-corrected chi connectivity index (χ3v) is 4.63. The molecule has 2 fully saturated rings. The van der Waals surface area contributed by atoms with Gasteiger partial charge in [0, 0.05) is 18.6 Å². The summed E-state index contributed by atoms with van der Waals surface area (Å²) in [5, 5.41) is 3.88. The zero-order valence-electron chi connectivity index (χ0n) is 8.17. The molecule has 0 radical (unpaired) electrons. The van der Waals surface area contributed by atoms with Crippen molar-refractivity contribution < 1.29 is 4.79 Å². The molecular formula is C9H16N2OS. The van der Waals surface area contributed by atoms with Gasteiger partial charge in [-0.15, -0.1) is 11.8 Å². The Hall–Kier alpha value is -0.220. The van der Waals surface area contributed by atoms with Crippen LogP contribution in [0.15, 0.2) is 0 Å². The first-order valence-corrected chi connectivity index (χ1v) is 5.88. The van der Waals surface area contributed by atoms with E-state index in [1.165, 1.54) is 0 Å². The Morgan fingerprint density at radius 1 is 1.77 bits per heavy atom. The topological polar surface area (TPSA) is 32.3 Å². The highest BCUT2D eigenvalue weighted by Crippen LogP contribution is 2.36. The molecule has 13 heavy (non-hydrogen) atoms. The van der Waals surface area contributed by atoms with Crippen LogP contribution in [-0.2, 0) is 4.79 Å². The Labute approximate surface area is 83.2 Å². The Morgan fingerprint density at radius 3 is 3.23 bits per heavy atom. The van der Waals surface area contributed by atoms with Crippen molar-refractivity contribution in [2.45, 2.75) is 31.2 Å². The molecule has 74 valence electrons. The Bertz CT molecular complexity index is 234. The van der Waals surface area contributed by atoms with Gasteiger partial charge < -0.3 is 10.2 Å². The first-order chi connectivity index (χ1) is 6.17. The van der Waals surface area contributed by atoms with Gasteiger partial charge in [-0.25, -0.2) is 0 Å². The van der Waals surface area contributed by atoms with Crippen molar-refractivity contribution >= 4 is 17.7 Å². The van der Waals surface area contributed by atoms with Gasteiger partial charge in [-0.2, -0.15) is 0 Å². The van der Waals surface area contributed by atoms with Gasteiger partial charge >= 0.3 is 0 Å². The van der Waals surface area contributed by atoms with Crippen molar-refractivity contribution in [3.8, 4) is 0 Å². The minimum absolute atomic E-state index is 0.120. The molecule has 0 saturated carbocycles. The van der Waals surface area contributed by atoms with Gasteiger partial charge in [-0.05, 0) is 13.3 Å². The average molecular weight is 200 g/mol. The van der Waals surface area contributed by atoms with Crippen molar-refractivity contribution in [2.75, 3.05) is 18.8 Å². The average Bonchev–Trinajstić information content (AvgIpc) is 2.50. The second-order valence-electron chi connectivity index (χ2n) is 3.95. The number of nitrogens with zero attached hydrogens (tertiary/aromatic N) is 1. The smallest absolute Gasteiger partial charge is 0.233 e. The summed E-state index contributed by atoms with van der Waals surface area (Å²) in [6.07, 6.45) is 1.08. The zero-order chi connectivity index (χ0) is 9.47. The second-order valence-corrected chi connectivity index (χ2v) is 5.02. The van der Waals surface area contributed by atoms with Crippen molar-refractivity contribution in [3.05, 3.63) is 0 Å². The second kappa shape index (κ2) is 3.17. The van der Waals surface area contributed by atoms with E-state index in [9.17, 15) is 4.79 Å². The first-order valence-electron chi connectivity index (χ1n) is 4.83. The van der Waals surface area contributed by atoms with E-state index in [-0.39, 0.29) is 5.54 Å². The third-order valence-electron chi connectivity index (χ3n) is 3.13. The van der Waals surface area contributed by atoms with Crippen molar-refractivity contribution in [1.82, 2.24) is 10.2 Å². The van der Waals surface area contributed by atoms with Crippen LogP contribution in [-0.4, -0.2) is 40.6 Å². The molecule has 0 aromatic carbocycles. The molecule has 0 aromatic heterocycles. The molecule has 0 spiro atoms. The summed E-state index contributed by atoms with van der Waals surface area (Å²) in [6.45, 7) is 6.22. The van der Waals surface area contributed by atoms with E-state index in [4.69, 9.17) is 0 Å². The van der Waals surface area contributed by atoms with E-state index in [1.54, 1.807) is 11.8 Å². The van der Waals surface area contributed by atoms with E-state index < -0.39 is 0 Å². The first kappa shape index (κ1) is 9.34. The lowest BCUT2D eigenvalue weighted by atomic mass is 9.95. The maximum atomic E-state index is 11.5. The molecule has 3 nitrogen and oxygen atoms in total. The molecule has 2 heterocycles. The SMILES string of the molecule is CCC1(C)NCCN2C(=O)CSC21. The normalized spacial score (nSPS) is 39.4. The number of rotatable bonds is 1. The maximum Gasteiger partial charge on any atom is 0.233 e. The van der Waals surface area contributed by atoms with Gasteiger partial charge in [0.2, 0.25) is 5.91 Å². The fraction of sp³-hybridized carbons (Fsp3) is 0.889. The van der Waals surface area contributed by atoms with E-state index in [0.717, 1.165) is 19.5 Å². The molecular weight excluding hydrogens is 184 g/mol. The van der Waals surface area contributed by atoms with Crippen LogP contribution in [0.25, 0.3) is 0 Å². The lowest BCUT2D eigenvalue weighted by Crippen LogP contribution is -2.62. The predicted molar refractivity (Wildman–Crippen MR) is 54.7 cm³/mol. The minimum Gasteiger partial charge on any atom is -0.327 e. The quantitative estimate of drug-likeness (QED) is 0.675. The molecule has 4 heteroatoms. The third kappa shape index (κ3) is 1.36. The summed E-state index contributed by atoms with van der Waals surface area (Å²) in [7, 11) is 0. The Kier molecular flexibility index (Phi) is 2.28. The highest BCUT2D eigenvalue weighted by atomic mass is 32.2. The number of nitrogens with one attached hydrogen (secondary N) is 1. The molecule has 2 rings (SSSR count). The van der Waals surface area contributed by atoms with E-state index in [1.807, 2.05) is 4.90 Å². The molecule has 1 N–H and O–H groups in total. The van der Waals surface area contributed by atoms with Crippen LogP contribution in [0.1, 0.15) is 20.3 Å².